The molecule has 4 rings (SSSR count). The Morgan fingerprint density at radius 1 is 1.07 bits per heavy atom. The summed E-state index contributed by atoms with van der Waals surface area (Å²) in [5.41, 5.74) is 1.83. The Morgan fingerprint density at radius 2 is 1.89 bits per heavy atom. The van der Waals surface area contributed by atoms with Crippen LogP contribution in [0.2, 0.25) is 0 Å². The number of carbonyl (C=O) groups is 2. The summed E-state index contributed by atoms with van der Waals surface area (Å²) in [7, 11) is 0. The molecule has 4 aromatic rings. The average Bonchev–Trinajstić information content (AvgIpc) is 3.28. The summed E-state index contributed by atoms with van der Waals surface area (Å²) < 4.78 is 17.8. The van der Waals surface area contributed by atoms with Gasteiger partial charge in [0.25, 0.3) is 0 Å². The van der Waals surface area contributed by atoms with E-state index >= 15 is 0 Å². The topological polar surface area (TPSA) is 83.0 Å². The van der Waals surface area contributed by atoms with E-state index in [1.807, 2.05) is 18.2 Å². The first-order chi connectivity index (χ1) is 13.2. The lowest BCUT2D eigenvalue weighted by molar-refractivity contribution is 0.0431. The maximum absolute atomic E-state index is 12.4. The normalized spacial score (nSPS) is 11.0. The quantitative estimate of drug-likeness (QED) is 0.503. The van der Waals surface area contributed by atoms with E-state index in [1.54, 1.807) is 48.0 Å². The van der Waals surface area contributed by atoms with Crippen molar-refractivity contribution >= 4 is 28.6 Å². The van der Waals surface area contributed by atoms with Crippen LogP contribution in [0.4, 0.5) is 0 Å². The molecule has 3 aromatic heterocycles. The van der Waals surface area contributed by atoms with Crippen LogP contribution in [0.1, 0.15) is 33.5 Å². The maximum atomic E-state index is 12.4. The van der Waals surface area contributed by atoms with Crippen molar-refractivity contribution in [2.45, 2.75) is 13.5 Å². The Kier molecular flexibility index (Phi) is 4.33. The Balaban J connectivity index is 1.61. The van der Waals surface area contributed by atoms with E-state index in [0.29, 0.717) is 22.2 Å². The van der Waals surface area contributed by atoms with Crippen molar-refractivity contribution in [1.29, 1.82) is 0 Å². The summed E-state index contributed by atoms with van der Waals surface area (Å²) >= 11 is 0. The number of pyridine rings is 1. The zero-order valence-corrected chi connectivity index (χ0v) is 14.5. The highest BCUT2D eigenvalue weighted by Crippen LogP contribution is 2.27. The molecule has 0 saturated carbocycles. The SMILES string of the molecule is CCOC(=O)c1oc2ccccc2c1COC(=O)c1cn2ccccc2n1. The predicted molar refractivity (Wildman–Crippen MR) is 96.5 cm³/mol. The summed E-state index contributed by atoms with van der Waals surface area (Å²) in [5, 5.41) is 0.698. The van der Waals surface area contributed by atoms with Gasteiger partial charge in [-0.1, -0.05) is 24.3 Å². The van der Waals surface area contributed by atoms with Gasteiger partial charge in [0.2, 0.25) is 5.76 Å². The van der Waals surface area contributed by atoms with E-state index in [2.05, 4.69) is 4.98 Å². The van der Waals surface area contributed by atoms with Crippen LogP contribution in [0.25, 0.3) is 16.6 Å². The summed E-state index contributed by atoms with van der Waals surface area (Å²) in [4.78, 5) is 28.8. The molecule has 3 heterocycles. The second-order valence-corrected chi connectivity index (χ2v) is 5.79. The molecule has 0 aliphatic carbocycles. The molecular weight excluding hydrogens is 348 g/mol. The molecule has 27 heavy (non-hydrogen) atoms. The van der Waals surface area contributed by atoms with Gasteiger partial charge in [-0.15, -0.1) is 0 Å². The number of esters is 2. The number of ether oxygens (including phenoxy) is 2. The van der Waals surface area contributed by atoms with Crippen LogP contribution in [0.15, 0.2) is 59.3 Å². The van der Waals surface area contributed by atoms with Crippen LogP contribution in [0.5, 0.6) is 0 Å². The molecule has 0 aliphatic rings. The standard InChI is InChI=1S/C20H16N2O5/c1-2-25-20(24)18-14(13-7-3-4-8-16(13)27-18)12-26-19(23)15-11-22-10-6-5-9-17(22)21-15/h3-11H,2,12H2,1H3. The van der Waals surface area contributed by atoms with Gasteiger partial charge in [-0.25, -0.2) is 14.6 Å². The van der Waals surface area contributed by atoms with Crippen LogP contribution in [-0.2, 0) is 16.1 Å². The number of rotatable bonds is 5. The summed E-state index contributed by atoms with van der Waals surface area (Å²) in [6, 6.07) is 12.6. The van der Waals surface area contributed by atoms with Gasteiger partial charge < -0.3 is 18.3 Å². The van der Waals surface area contributed by atoms with Gasteiger partial charge in [0, 0.05) is 17.8 Å². The minimum Gasteiger partial charge on any atom is -0.460 e. The zero-order chi connectivity index (χ0) is 18.8. The van der Waals surface area contributed by atoms with E-state index in [9.17, 15) is 9.59 Å². The molecule has 7 nitrogen and oxygen atoms in total. The van der Waals surface area contributed by atoms with Crippen molar-refractivity contribution in [3.8, 4) is 0 Å². The predicted octanol–water partition coefficient (Wildman–Crippen LogP) is 3.61. The molecule has 7 heteroatoms. The minimum absolute atomic E-state index is 0.0425. The molecule has 0 bridgehead atoms. The Bertz CT molecular complexity index is 1110. The van der Waals surface area contributed by atoms with Gasteiger partial charge >= 0.3 is 11.9 Å². The smallest absolute Gasteiger partial charge is 0.374 e. The molecule has 0 amide bonds. The molecular formula is C20H16N2O5. The highest BCUT2D eigenvalue weighted by molar-refractivity contribution is 5.96. The lowest BCUT2D eigenvalue weighted by Crippen LogP contribution is -2.10. The first kappa shape index (κ1) is 16.8. The molecule has 0 radical (unpaired) electrons. The number of imidazole rings is 1. The summed E-state index contributed by atoms with van der Waals surface area (Å²) in [6.45, 7) is 1.80. The van der Waals surface area contributed by atoms with Gasteiger partial charge in [-0.05, 0) is 25.1 Å². The molecule has 0 saturated heterocycles. The number of hydrogen-bond donors (Lipinski definition) is 0. The zero-order valence-electron chi connectivity index (χ0n) is 14.5. The van der Waals surface area contributed by atoms with Crippen LogP contribution < -0.4 is 0 Å². The van der Waals surface area contributed by atoms with Crippen molar-refractivity contribution in [1.82, 2.24) is 9.38 Å². The number of hydrogen-bond acceptors (Lipinski definition) is 6. The van der Waals surface area contributed by atoms with Gasteiger partial charge in [0.15, 0.2) is 5.69 Å². The third-order valence-electron chi connectivity index (χ3n) is 4.08. The van der Waals surface area contributed by atoms with E-state index in [0.717, 1.165) is 0 Å². The highest BCUT2D eigenvalue weighted by Gasteiger charge is 2.23. The van der Waals surface area contributed by atoms with Gasteiger partial charge in [-0.3, -0.25) is 0 Å². The fourth-order valence-corrected chi connectivity index (χ4v) is 2.85. The Labute approximate surface area is 154 Å². The molecule has 0 unspecified atom stereocenters. The van der Waals surface area contributed by atoms with E-state index < -0.39 is 11.9 Å². The van der Waals surface area contributed by atoms with Gasteiger partial charge in [0.05, 0.1) is 12.2 Å². The van der Waals surface area contributed by atoms with Crippen LogP contribution in [0, 0.1) is 0 Å². The van der Waals surface area contributed by atoms with Gasteiger partial charge in [-0.2, -0.15) is 0 Å². The molecule has 136 valence electrons. The first-order valence-corrected chi connectivity index (χ1v) is 8.45. The fourth-order valence-electron chi connectivity index (χ4n) is 2.85. The summed E-state index contributed by atoms with van der Waals surface area (Å²) in [5.74, 6) is -1.13. The molecule has 0 spiro atoms. The maximum Gasteiger partial charge on any atom is 0.374 e. The average molecular weight is 364 g/mol. The van der Waals surface area contributed by atoms with Gasteiger partial charge in [0.1, 0.15) is 17.8 Å². The molecule has 0 N–H and O–H groups in total. The third kappa shape index (κ3) is 3.15. The number of carbonyl (C=O) groups excluding carboxylic acids is 2. The second kappa shape index (κ2) is 6.95. The Morgan fingerprint density at radius 3 is 2.70 bits per heavy atom. The monoisotopic (exact) mass is 364 g/mol. The Hall–Kier alpha value is -3.61. The largest absolute Gasteiger partial charge is 0.460 e. The van der Waals surface area contributed by atoms with E-state index in [1.165, 1.54) is 0 Å². The summed E-state index contributed by atoms with van der Waals surface area (Å²) in [6.07, 6.45) is 3.39. The van der Waals surface area contributed by atoms with Crippen LogP contribution >= 0.6 is 0 Å². The number of furan rings is 1. The number of aromatic nitrogens is 2. The third-order valence-corrected chi connectivity index (χ3v) is 4.08. The minimum atomic E-state index is -0.590. The number of para-hydroxylation sites is 1. The van der Waals surface area contributed by atoms with Crippen molar-refractivity contribution in [3.05, 3.63) is 71.9 Å². The van der Waals surface area contributed by atoms with Crippen molar-refractivity contribution in [2.24, 2.45) is 0 Å². The highest BCUT2D eigenvalue weighted by atomic mass is 16.5. The second-order valence-electron chi connectivity index (χ2n) is 5.79. The van der Waals surface area contributed by atoms with Crippen molar-refractivity contribution < 1.29 is 23.5 Å². The fraction of sp³-hybridized carbons (Fsp3) is 0.150. The van der Waals surface area contributed by atoms with Crippen molar-refractivity contribution in [2.75, 3.05) is 6.61 Å². The number of nitrogens with zero attached hydrogens (tertiary/aromatic N) is 2. The van der Waals surface area contributed by atoms with Crippen LogP contribution in [-0.4, -0.2) is 27.9 Å². The number of fused-ring (bicyclic) bond motifs is 2. The first-order valence-electron chi connectivity index (χ1n) is 8.45. The number of benzene rings is 1. The van der Waals surface area contributed by atoms with Crippen LogP contribution in [0.3, 0.4) is 0 Å². The van der Waals surface area contributed by atoms with E-state index in [4.69, 9.17) is 13.9 Å². The lowest BCUT2D eigenvalue weighted by Gasteiger charge is -2.04. The molecule has 0 aliphatic heterocycles. The lowest BCUT2D eigenvalue weighted by atomic mass is 10.1. The molecule has 0 fully saturated rings. The molecule has 1 aromatic carbocycles. The van der Waals surface area contributed by atoms with E-state index in [-0.39, 0.29) is 24.7 Å². The van der Waals surface area contributed by atoms with Crippen molar-refractivity contribution in [3.63, 3.8) is 0 Å². The molecule has 0 atom stereocenters.